The highest BCUT2D eigenvalue weighted by Gasteiger charge is 2.42. The molecule has 1 unspecified atom stereocenters. The van der Waals surface area contributed by atoms with Crippen LogP contribution in [-0.4, -0.2) is 87.0 Å². The number of aromatic amines is 2. The molecule has 0 spiro atoms. The predicted octanol–water partition coefficient (Wildman–Crippen LogP) is 9.87. The van der Waals surface area contributed by atoms with Crippen LogP contribution in [0, 0.1) is 40.8 Å². The molecule has 6 heterocycles. The van der Waals surface area contributed by atoms with Crippen molar-refractivity contribution < 1.29 is 19.1 Å². The number of H-pyrrole nitrogens is 2. The molecular formula is C57H56N14O6S2. The van der Waals surface area contributed by atoms with Crippen LogP contribution in [0.1, 0.15) is 81.6 Å². The third-order valence-corrected chi connectivity index (χ3v) is 14.3. The van der Waals surface area contributed by atoms with Gasteiger partial charge in [0.15, 0.2) is 44.3 Å². The summed E-state index contributed by atoms with van der Waals surface area (Å²) in [6, 6.07) is 20.7. The number of thiocarbonyl (C=S) groups is 2. The molecule has 20 nitrogen and oxygen atoms in total. The number of anilines is 4. The maximum absolute atomic E-state index is 13.4. The van der Waals surface area contributed by atoms with E-state index < -0.39 is 6.04 Å². The lowest BCUT2D eigenvalue weighted by Gasteiger charge is -2.24. The summed E-state index contributed by atoms with van der Waals surface area (Å²) < 4.78 is 15.0. The van der Waals surface area contributed by atoms with Crippen LogP contribution in [0.2, 0.25) is 0 Å². The molecule has 402 valence electrons. The van der Waals surface area contributed by atoms with Crippen LogP contribution >= 0.6 is 24.4 Å². The minimum atomic E-state index is -0.582. The normalized spacial score (nSPS) is 14.3. The van der Waals surface area contributed by atoms with Crippen molar-refractivity contribution in [2.24, 2.45) is 0 Å². The van der Waals surface area contributed by atoms with Crippen molar-refractivity contribution >= 4 is 91.6 Å². The minimum absolute atomic E-state index is 0.0419. The number of hydrogen-bond donors (Lipinski definition) is 2. The number of amides is 2. The molecule has 4 aromatic carbocycles. The van der Waals surface area contributed by atoms with Crippen LogP contribution in [0.25, 0.3) is 43.5 Å². The van der Waals surface area contributed by atoms with Gasteiger partial charge in [0.1, 0.15) is 35.7 Å². The molecule has 22 heteroatoms. The number of benzene rings is 4. The third kappa shape index (κ3) is 10.1. The molecule has 2 N–H and O–H groups in total. The number of aromatic nitrogens is 8. The molecule has 79 heavy (non-hydrogen) atoms. The Hall–Kier alpha value is -9.12. The summed E-state index contributed by atoms with van der Waals surface area (Å²) >= 11 is 11.6. The van der Waals surface area contributed by atoms with E-state index in [1.54, 1.807) is 88.1 Å². The number of carbonyl (C=O) groups excluding carboxylic acids is 2. The van der Waals surface area contributed by atoms with Gasteiger partial charge in [0.2, 0.25) is 0 Å². The van der Waals surface area contributed by atoms with Crippen molar-refractivity contribution in [1.82, 2.24) is 39.2 Å². The van der Waals surface area contributed by atoms with Gasteiger partial charge < -0.3 is 29.2 Å². The van der Waals surface area contributed by atoms with Gasteiger partial charge in [0.05, 0.1) is 48.9 Å². The standard InChI is InChI=1S/C29H29N7O3S.C28H27N7O3S/c1-7-9-24-31-17(4)25-27(37)32-26(33-36(24)25)21-15-20(11-13-23(21)39-8-2)34-18(5)28(38)35(29(34)40)19-10-12-22(30-6)16(3)14-19;1-6-8-23-30-17(4)25-27(37)31-26(32-35(23)25)20-14-18(10-12-22(20)38-7-2)33-15-24(36)34(28(33)39)19-9-11-21(29-5)16(3)13-19/h10-15,18H,7-9H2,1-5H3,(H,32,33,37);9-14H,6-8,15H2,1-4H3,(H,31,32,37). The number of aryl methyl sites for hydroxylation is 6. The van der Waals surface area contributed by atoms with Crippen LogP contribution in [0.15, 0.2) is 82.4 Å². The summed E-state index contributed by atoms with van der Waals surface area (Å²) in [5.41, 5.74) is 7.71. The van der Waals surface area contributed by atoms with E-state index in [4.69, 9.17) is 57.3 Å². The fourth-order valence-electron chi connectivity index (χ4n) is 9.77. The second-order valence-corrected chi connectivity index (χ2v) is 19.6. The first-order chi connectivity index (χ1) is 38.0. The van der Waals surface area contributed by atoms with Gasteiger partial charge in [-0.25, -0.2) is 28.7 Å². The van der Waals surface area contributed by atoms with Crippen LogP contribution in [-0.2, 0) is 22.4 Å². The third-order valence-electron chi connectivity index (χ3n) is 13.5. The molecule has 2 saturated heterocycles. The number of fused-ring (bicyclic) bond motifs is 2. The lowest BCUT2D eigenvalue weighted by Crippen LogP contribution is -2.33. The number of carbonyl (C=O) groups is 2. The van der Waals surface area contributed by atoms with Crippen molar-refractivity contribution in [3.63, 3.8) is 0 Å². The summed E-state index contributed by atoms with van der Waals surface area (Å²) in [7, 11) is 0. The Morgan fingerprint density at radius 1 is 0.620 bits per heavy atom. The Morgan fingerprint density at radius 2 is 1.08 bits per heavy atom. The van der Waals surface area contributed by atoms with Gasteiger partial charge in [-0.1, -0.05) is 26.0 Å². The smallest absolute Gasteiger partial charge is 0.277 e. The van der Waals surface area contributed by atoms with Crippen LogP contribution in [0.3, 0.4) is 0 Å². The monoisotopic (exact) mass is 1100 g/mol. The van der Waals surface area contributed by atoms with Gasteiger partial charge in [-0.15, -0.1) is 10.2 Å². The molecule has 0 radical (unpaired) electrons. The summed E-state index contributed by atoms with van der Waals surface area (Å²) in [6.45, 7) is 32.4. The topological polar surface area (TPSA) is 200 Å². The second-order valence-electron chi connectivity index (χ2n) is 18.8. The van der Waals surface area contributed by atoms with Gasteiger partial charge in [0, 0.05) is 35.6 Å². The SMILES string of the molecule is [C-]#[N+]c1ccc(N2C(=O)C(C)N(c3ccc(OCC)c(-c4nn5c(CCC)nc(C)c5c(=O)[nH]4)c3)C2=S)cc1C.[C-]#[N+]c1ccc(N2C(=O)CN(c3ccc(OCC)c(-c4nn5c(CCC)nc(C)c5c(=O)[nH]4)c3)C2=S)cc1C. The fraction of sp³-hybridized carbons (Fsp3) is 0.298. The van der Waals surface area contributed by atoms with Crippen LogP contribution in [0.5, 0.6) is 11.5 Å². The molecule has 2 amide bonds. The molecular weight excluding hydrogens is 1040 g/mol. The molecule has 0 bridgehead atoms. The first-order valence-electron chi connectivity index (χ1n) is 25.8. The van der Waals surface area contributed by atoms with E-state index in [1.807, 2.05) is 65.8 Å². The van der Waals surface area contributed by atoms with E-state index in [0.29, 0.717) is 139 Å². The van der Waals surface area contributed by atoms with E-state index >= 15 is 0 Å². The van der Waals surface area contributed by atoms with Gasteiger partial charge in [0.25, 0.3) is 22.9 Å². The van der Waals surface area contributed by atoms with Crippen molar-refractivity contribution in [3.8, 4) is 34.3 Å². The Labute approximate surface area is 465 Å². The predicted molar refractivity (Wildman–Crippen MR) is 312 cm³/mol. The Morgan fingerprint density at radius 3 is 1.53 bits per heavy atom. The van der Waals surface area contributed by atoms with Crippen molar-refractivity contribution in [2.45, 2.75) is 94.0 Å². The van der Waals surface area contributed by atoms with Crippen molar-refractivity contribution in [1.29, 1.82) is 0 Å². The van der Waals surface area contributed by atoms with Gasteiger partial charge in [-0.3, -0.25) is 29.0 Å². The minimum Gasteiger partial charge on any atom is -0.493 e. The zero-order valence-electron chi connectivity index (χ0n) is 45.1. The van der Waals surface area contributed by atoms with E-state index in [1.165, 1.54) is 9.80 Å². The molecule has 1 atom stereocenters. The number of nitrogens with one attached hydrogen (secondary N) is 2. The van der Waals surface area contributed by atoms with Gasteiger partial charge >= 0.3 is 0 Å². The highest BCUT2D eigenvalue weighted by molar-refractivity contribution is 7.81. The maximum Gasteiger partial charge on any atom is 0.277 e. The molecule has 8 aromatic rings. The van der Waals surface area contributed by atoms with Crippen molar-refractivity contribution in [3.05, 3.63) is 151 Å². The van der Waals surface area contributed by atoms with Crippen LogP contribution < -0.4 is 40.2 Å². The molecule has 2 aliphatic heterocycles. The quantitative estimate of drug-likeness (QED) is 0.0770. The highest BCUT2D eigenvalue weighted by Crippen LogP contribution is 2.39. The molecule has 0 aliphatic carbocycles. The number of rotatable bonds is 14. The molecule has 2 aliphatic rings. The summed E-state index contributed by atoms with van der Waals surface area (Å²) in [6.07, 6.45) is 3.08. The lowest BCUT2D eigenvalue weighted by molar-refractivity contribution is -0.117. The largest absolute Gasteiger partial charge is 0.493 e. The first kappa shape index (κ1) is 54.7. The number of ether oxygens (including phenoxy) is 2. The second kappa shape index (κ2) is 22.5. The van der Waals surface area contributed by atoms with Gasteiger partial charge in [-0.2, -0.15) is 0 Å². The summed E-state index contributed by atoms with van der Waals surface area (Å²) in [5.74, 6) is 2.79. The molecule has 2 fully saturated rings. The Balaban J connectivity index is 0.000000192. The summed E-state index contributed by atoms with van der Waals surface area (Å²) in [5, 5.41) is 10.1. The zero-order chi connectivity index (χ0) is 56.6. The average molecular weight is 1100 g/mol. The van der Waals surface area contributed by atoms with Crippen LogP contribution in [0.4, 0.5) is 34.1 Å². The van der Waals surface area contributed by atoms with Crippen molar-refractivity contribution in [2.75, 3.05) is 39.4 Å². The van der Waals surface area contributed by atoms with Gasteiger partial charge in [-0.05, 0) is 158 Å². The van der Waals surface area contributed by atoms with E-state index in [0.717, 1.165) is 24.0 Å². The highest BCUT2D eigenvalue weighted by atomic mass is 32.1. The number of nitrogens with zero attached hydrogens (tertiary/aromatic N) is 12. The van der Waals surface area contributed by atoms with E-state index in [-0.39, 0.29) is 29.5 Å². The van der Waals surface area contributed by atoms with E-state index in [9.17, 15) is 19.2 Å². The van der Waals surface area contributed by atoms with E-state index in [2.05, 4.69) is 29.6 Å². The summed E-state index contributed by atoms with van der Waals surface area (Å²) in [4.78, 5) is 81.1. The Bertz CT molecular complexity index is 4020. The Kier molecular flexibility index (Phi) is 15.5. The number of hydrogen-bond acceptors (Lipinski definition) is 12. The molecule has 4 aromatic heterocycles. The molecule has 0 saturated carbocycles. The fourth-order valence-corrected chi connectivity index (χ4v) is 10.6. The first-order valence-corrected chi connectivity index (χ1v) is 26.6. The lowest BCUT2D eigenvalue weighted by atomic mass is 10.1. The average Bonchev–Trinajstić information content (AvgIpc) is 4.29. The maximum atomic E-state index is 13.4. The molecule has 10 rings (SSSR count). The zero-order valence-corrected chi connectivity index (χ0v) is 46.7. The number of imidazole rings is 2.